The highest BCUT2D eigenvalue weighted by molar-refractivity contribution is 5.87. The van der Waals surface area contributed by atoms with Crippen molar-refractivity contribution in [2.45, 2.75) is 6.92 Å². The Labute approximate surface area is 81.8 Å². The molecule has 1 aromatic heterocycles. The van der Waals surface area contributed by atoms with Gasteiger partial charge in [0.05, 0.1) is 6.61 Å². The first kappa shape index (κ1) is 10.3. The summed E-state index contributed by atoms with van der Waals surface area (Å²) in [4.78, 5) is 15.0. The molecule has 1 rings (SSSR count). The normalized spacial score (nSPS) is 9.50. The maximum atomic E-state index is 11.1. The van der Waals surface area contributed by atoms with Crippen molar-refractivity contribution in [2.75, 3.05) is 18.5 Å². The van der Waals surface area contributed by atoms with Crippen molar-refractivity contribution in [3.63, 3.8) is 0 Å². The van der Waals surface area contributed by atoms with Crippen molar-refractivity contribution in [1.29, 1.82) is 0 Å². The number of carbonyl (C=O) groups is 1. The largest absolute Gasteiger partial charge is 0.461 e. The molecule has 0 saturated carbocycles. The highest BCUT2D eigenvalue weighted by Crippen LogP contribution is 2.07. The zero-order valence-corrected chi connectivity index (χ0v) is 7.95. The summed E-state index contributed by atoms with van der Waals surface area (Å²) in [6.45, 7) is 6.11. The van der Waals surface area contributed by atoms with Gasteiger partial charge in [-0.05, 0) is 6.92 Å². The van der Waals surface area contributed by atoms with Gasteiger partial charge in [-0.2, -0.15) is 4.98 Å². The SMILES string of the molecule is C=CCNc1nc(C(=O)OCC)co1. The van der Waals surface area contributed by atoms with E-state index in [9.17, 15) is 4.79 Å². The summed E-state index contributed by atoms with van der Waals surface area (Å²) in [5.74, 6) is -0.483. The van der Waals surface area contributed by atoms with Crippen molar-refractivity contribution in [1.82, 2.24) is 4.98 Å². The fraction of sp³-hybridized carbons (Fsp3) is 0.333. The molecule has 5 nitrogen and oxygen atoms in total. The lowest BCUT2D eigenvalue weighted by molar-refractivity contribution is 0.0519. The Morgan fingerprint density at radius 3 is 3.29 bits per heavy atom. The second-order valence-corrected chi connectivity index (χ2v) is 2.43. The number of nitrogens with zero attached hydrogens (tertiary/aromatic N) is 1. The van der Waals surface area contributed by atoms with E-state index in [0.717, 1.165) is 0 Å². The predicted molar refractivity (Wildman–Crippen MR) is 51.1 cm³/mol. The number of hydrogen-bond acceptors (Lipinski definition) is 5. The predicted octanol–water partition coefficient (Wildman–Crippen LogP) is 1.45. The molecule has 1 N–H and O–H groups in total. The van der Waals surface area contributed by atoms with Gasteiger partial charge < -0.3 is 14.5 Å². The van der Waals surface area contributed by atoms with Crippen molar-refractivity contribution in [2.24, 2.45) is 0 Å². The summed E-state index contributed by atoms with van der Waals surface area (Å²) < 4.78 is 9.70. The Hall–Kier alpha value is -1.78. The van der Waals surface area contributed by atoms with Crippen LogP contribution in [0.4, 0.5) is 6.01 Å². The number of anilines is 1. The van der Waals surface area contributed by atoms with Gasteiger partial charge in [0, 0.05) is 6.54 Å². The van der Waals surface area contributed by atoms with Crippen LogP contribution in [0.3, 0.4) is 0 Å². The molecule has 0 aliphatic carbocycles. The van der Waals surface area contributed by atoms with Crippen LogP contribution in [0.1, 0.15) is 17.4 Å². The summed E-state index contributed by atoms with van der Waals surface area (Å²) in [6, 6.07) is 0.285. The number of ether oxygens (including phenoxy) is 1. The Morgan fingerprint density at radius 2 is 2.64 bits per heavy atom. The summed E-state index contributed by atoms with van der Waals surface area (Å²) >= 11 is 0. The van der Waals surface area contributed by atoms with Crippen LogP contribution in [0.25, 0.3) is 0 Å². The first-order valence-corrected chi connectivity index (χ1v) is 4.25. The van der Waals surface area contributed by atoms with E-state index in [1.807, 2.05) is 0 Å². The van der Waals surface area contributed by atoms with Crippen molar-refractivity contribution in [3.05, 3.63) is 24.6 Å². The smallest absolute Gasteiger partial charge is 0.360 e. The first-order chi connectivity index (χ1) is 6.77. The van der Waals surface area contributed by atoms with E-state index >= 15 is 0 Å². The maximum absolute atomic E-state index is 11.1. The van der Waals surface area contributed by atoms with Crippen LogP contribution in [0.2, 0.25) is 0 Å². The van der Waals surface area contributed by atoms with Crippen LogP contribution in [0.5, 0.6) is 0 Å². The van der Waals surface area contributed by atoms with Gasteiger partial charge in [-0.3, -0.25) is 0 Å². The van der Waals surface area contributed by atoms with E-state index in [1.54, 1.807) is 13.0 Å². The number of oxazole rings is 1. The molecule has 5 heteroatoms. The van der Waals surface area contributed by atoms with Crippen LogP contribution in [0.15, 0.2) is 23.3 Å². The third-order valence-corrected chi connectivity index (χ3v) is 1.39. The number of rotatable bonds is 5. The van der Waals surface area contributed by atoms with Gasteiger partial charge in [-0.15, -0.1) is 6.58 Å². The molecule has 0 aromatic carbocycles. The molecule has 0 aliphatic rings. The van der Waals surface area contributed by atoms with Crippen LogP contribution in [0, 0.1) is 0 Å². The molecule has 14 heavy (non-hydrogen) atoms. The number of esters is 1. The molecule has 0 spiro atoms. The zero-order valence-electron chi connectivity index (χ0n) is 7.95. The Kier molecular flexibility index (Phi) is 3.72. The average Bonchev–Trinajstić information content (AvgIpc) is 2.63. The lowest BCUT2D eigenvalue weighted by Crippen LogP contribution is -2.05. The highest BCUT2D eigenvalue weighted by Gasteiger charge is 2.12. The van der Waals surface area contributed by atoms with Crippen LogP contribution < -0.4 is 5.32 Å². The minimum Gasteiger partial charge on any atom is -0.461 e. The van der Waals surface area contributed by atoms with Gasteiger partial charge in [-0.25, -0.2) is 4.79 Å². The Bertz CT molecular complexity index is 320. The van der Waals surface area contributed by atoms with E-state index in [2.05, 4.69) is 16.9 Å². The standard InChI is InChI=1S/C9H12N2O3/c1-3-5-10-9-11-7(6-14-9)8(12)13-4-2/h3,6H,1,4-5H2,2H3,(H,10,11). The van der Waals surface area contributed by atoms with E-state index in [-0.39, 0.29) is 11.7 Å². The van der Waals surface area contributed by atoms with E-state index in [4.69, 9.17) is 9.15 Å². The molecule has 0 atom stereocenters. The quantitative estimate of drug-likeness (QED) is 0.570. The average molecular weight is 196 g/mol. The molecular weight excluding hydrogens is 184 g/mol. The molecule has 0 amide bonds. The second kappa shape index (κ2) is 5.06. The topological polar surface area (TPSA) is 64.4 Å². The first-order valence-electron chi connectivity index (χ1n) is 4.25. The molecule has 1 heterocycles. The number of carbonyl (C=O) groups excluding carboxylic acids is 1. The fourth-order valence-corrected chi connectivity index (χ4v) is 0.813. The minimum atomic E-state index is -0.483. The molecule has 0 saturated heterocycles. The van der Waals surface area contributed by atoms with E-state index < -0.39 is 5.97 Å². The van der Waals surface area contributed by atoms with Crippen molar-refractivity contribution in [3.8, 4) is 0 Å². The summed E-state index contributed by atoms with van der Waals surface area (Å²) in [5.41, 5.74) is 0.165. The molecule has 0 radical (unpaired) electrons. The molecule has 0 aliphatic heterocycles. The van der Waals surface area contributed by atoms with E-state index in [0.29, 0.717) is 13.2 Å². The lowest BCUT2D eigenvalue weighted by atomic mass is 10.5. The maximum Gasteiger partial charge on any atom is 0.360 e. The minimum absolute atomic E-state index is 0.165. The number of aromatic nitrogens is 1. The fourth-order valence-electron chi connectivity index (χ4n) is 0.813. The van der Waals surface area contributed by atoms with Crippen LogP contribution in [-0.2, 0) is 4.74 Å². The molecule has 0 unspecified atom stereocenters. The van der Waals surface area contributed by atoms with Gasteiger partial charge in [-0.1, -0.05) is 6.08 Å². The second-order valence-electron chi connectivity index (χ2n) is 2.43. The van der Waals surface area contributed by atoms with Crippen molar-refractivity contribution >= 4 is 12.0 Å². The molecule has 0 fully saturated rings. The summed E-state index contributed by atoms with van der Waals surface area (Å²) in [7, 11) is 0. The van der Waals surface area contributed by atoms with Crippen LogP contribution >= 0.6 is 0 Å². The molecular formula is C9H12N2O3. The van der Waals surface area contributed by atoms with Gasteiger partial charge in [0.15, 0.2) is 5.69 Å². The number of nitrogens with one attached hydrogen (secondary N) is 1. The van der Waals surface area contributed by atoms with E-state index in [1.165, 1.54) is 6.26 Å². The summed E-state index contributed by atoms with van der Waals surface area (Å²) in [5, 5.41) is 2.81. The zero-order chi connectivity index (χ0) is 10.4. The van der Waals surface area contributed by atoms with Crippen molar-refractivity contribution < 1.29 is 13.9 Å². The van der Waals surface area contributed by atoms with Crippen LogP contribution in [-0.4, -0.2) is 24.1 Å². The third-order valence-electron chi connectivity index (χ3n) is 1.39. The van der Waals surface area contributed by atoms with Gasteiger partial charge in [0.1, 0.15) is 6.26 Å². The highest BCUT2D eigenvalue weighted by atomic mass is 16.5. The lowest BCUT2D eigenvalue weighted by Gasteiger charge is -1.95. The molecule has 1 aromatic rings. The third kappa shape index (κ3) is 2.62. The molecule has 0 bridgehead atoms. The van der Waals surface area contributed by atoms with Gasteiger partial charge >= 0.3 is 5.97 Å². The Morgan fingerprint density at radius 1 is 1.86 bits per heavy atom. The Balaban J connectivity index is 2.58. The van der Waals surface area contributed by atoms with Gasteiger partial charge in [0.2, 0.25) is 0 Å². The monoisotopic (exact) mass is 196 g/mol. The van der Waals surface area contributed by atoms with Gasteiger partial charge in [0.25, 0.3) is 6.01 Å². The molecule has 76 valence electrons. The summed E-state index contributed by atoms with van der Waals surface area (Å²) in [6.07, 6.45) is 2.91. The number of hydrogen-bond donors (Lipinski definition) is 1.